The molecule has 0 radical (unpaired) electrons. The summed E-state index contributed by atoms with van der Waals surface area (Å²) in [5.74, 6) is 0.186. The van der Waals surface area contributed by atoms with Gasteiger partial charge < -0.3 is 15.7 Å². The van der Waals surface area contributed by atoms with Gasteiger partial charge >= 0.3 is 0 Å². The normalized spacial score (nSPS) is 14.3. The lowest BCUT2D eigenvalue weighted by atomic mass is 10.3. The van der Waals surface area contributed by atoms with Crippen LogP contribution in [0, 0.1) is 0 Å². The zero-order valence-electron chi connectivity index (χ0n) is 8.03. The summed E-state index contributed by atoms with van der Waals surface area (Å²) >= 11 is 0. The third kappa shape index (κ3) is 2.25. The summed E-state index contributed by atoms with van der Waals surface area (Å²) in [6.07, 6.45) is 0. The third-order valence-corrected chi connectivity index (χ3v) is 1.99. The van der Waals surface area contributed by atoms with E-state index < -0.39 is 0 Å². The van der Waals surface area contributed by atoms with Crippen molar-refractivity contribution in [2.24, 2.45) is 4.99 Å². The van der Waals surface area contributed by atoms with Crippen molar-refractivity contribution in [2.75, 3.05) is 18.4 Å². The number of rotatable bonds is 2. The molecule has 78 valence electrons. The summed E-state index contributed by atoms with van der Waals surface area (Å²) in [4.78, 5) is 15.5. The highest BCUT2D eigenvalue weighted by Crippen LogP contribution is 2.15. The lowest BCUT2D eigenvalue weighted by molar-refractivity contribution is -0.110. The van der Waals surface area contributed by atoms with Crippen LogP contribution in [0.1, 0.15) is 0 Å². The summed E-state index contributed by atoms with van der Waals surface area (Å²) in [7, 11) is 0. The number of carbonyl (C=O) groups is 1. The van der Waals surface area contributed by atoms with Crippen molar-refractivity contribution in [3.63, 3.8) is 0 Å². The highest BCUT2D eigenvalue weighted by Gasteiger charge is 2.14. The fraction of sp³-hybridized carbons (Fsp3) is 0.200. The molecule has 2 rings (SSSR count). The van der Waals surface area contributed by atoms with Gasteiger partial charge in [0, 0.05) is 18.3 Å². The van der Waals surface area contributed by atoms with Crippen LogP contribution in [0.15, 0.2) is 29.3 Å². The van der Waals surface area contributed by atoms with Crippen LogP contribution in [0.4, 0.5) is 5.69 Å². The topological polar surface area (TPSA) is 73.7 Å². The first-order valence-electron chi connectivity index (χ1n) is 4.64. The van der Waals surface area contributed by atoms with Gasteiger partial charge in [-0.15, -0.1) is 0 Å². The smallest absolute Gasteiger partial charge is 0.290 e. The predicted molar refractivity (Wildman–Crippen MR) is 57.0 cm³/mol. The fourth-order valence-electron chi connectivity index (χ4n) is 1.32. The number of aliphatic imine (C=N–C) groups is 1. The Hall–Kier alpha value is -2.04. The Labute approximate surface area is 86.8 Å². The quantitative estimate of drug-likeness (QED) is 0.651. The average molecular weight is 205 g/mol. The second kappa shape index (κ2) is 4.00. The van der Waals surface area contributed by atoms with E-state index in [0.717, 1.165) is 0 Å². The Morgan fingerprint density at radius 1 is 1.53 bits per heavy atom. The van der Waals surface area contributed by atoms with Crippen LogP contribution in [0.5, 0.6) is 5.75 Å². The van der Waals surface area contributed by atoms with Crippen molar-refractivity contribution in [1.29, 1.82) is 0 Å². The second-order valence-corrected chi connectivity index (χ2v) is 3.16. The van der Waals surface area contributed by atoms with Gasteiger partial charge in [-0.1, -0.05) is 6.07 Å². The van der Waals surface area contributed by atoms with Crippen LogP contribution in [0.25, 0.3) is 0 Å². The van der Waals surface area contributed by atoms with E-state index in [1.54, 1.807) is 18.2 Å². The number of amidine groups is 1. The lowest BCUT2D eigenvalue weighted by Gasteiger charge is -2.05. The first-order chi connectivity index (χ1) is 7.25. The largest absolute Gasteiger partial charge is 0.508 e. The molecule has 5 heteroatoms. The first kappa shape index (κ1) is 9.51. The summed E-state index contributed by atoms with van der Waals surface area (Å²) in [6, 6.07) is 6.39. The molecule has 1 heterocycles. The van der Waals surface area contributed by atoms with E-state index in [1.807, 2.05) is 0 Å². The maximum Gasteiger partial charge on any atom is 0.290 e. The van der Waals surface area contributed by atoms with Crippen LogP contribution in [-0.4, -0.2) is 29.9 Å². The second-order valence-electron chi connectivity index (χ2n) is 3.16. The van der Waals surface area contributed by atoms with Crippen LogP contribution in [-0.2, 0) is 4.79 Å². The molecule has 1 aliphatic heterocycles. The molecule has 1 aromatic rings. The highest BCUT2D eigenvalue weighted by atomic mass is 16.3. The predicted octanol–water partition coefficient (Wildman–Crippen LogP) is 0.332. The molecule has 0 spiro atoms. The maximum atomic E-state index is 11.5. The molecule has 0 aliphatic carbocycles. The van der Waals surface area contributed by atoms with E-state index in [0.29, 0.717) is 24.6 Å². The summed E-state index contributed by atoms with van der Waals surface area (Å²) in [6.45, 7) is 1.32. The van der Waals surface area contributed by atoms with Crippen LogP contribution in [0.2, 0.25) is 0 Å². The van der Waals surface area contributed by atoms with Gasteiger partial charge in [0.15, 0.2) is 5.84 Å². The van der Waals surface area contributed by atoms with Gasteiger partial charge in [-0.2, -0.15) is 0 Å². The maximum absolute atomic E-state index is 11.5. The van der Waals surface area contributed by atoms with Crippen molar-refractivity contribution in [3.05, 3.63) is 24.3 Å². The number of nitrogens with zero attached hydrogens (tertiary/aromatic N) is 1. The Balaban J connectivity index is 2.05. The number of hydrogen-bond donors (Lipinski definition) is 3. The molecule has 0 saturated carbocycles. The van der Waals surface area contributed by atoms with Gasteiger partial charge in [-0.3, -0.25) is 9.79 Å². The molecular weight excluding hydrogens is 194 g/mol. The number of hydrogen-bond acceptors (Lipinski definition) is 4. The summed E-state index contributed by atoms with van der Waals surface area (Å²) in [5, 5.41) is 14.7. The minimum absolute atomic E-state index is 0.120. The minimum atomic E-state index is -0.280. The molecule has 0 saturated heterocycles. The van der Waals surface area contributed by atoms with E-state index in [4.69, 9.17) is 0 Å². The van der Waals surface area contributed by atoms with Crippen LogP contribution in [0.3, 0.4) is 0 Å². The highest BCUT2D eigenvalue weighted by molar-refractivity contribution is 6.42. The van der Waals surface area contributed by atoms with Gasteiger partial charge in [0.2, 0.25) is 0 Å². The lowest BCUT2D eigenvalue weighted by Crippen LogP contribution is -2.32. The van der Waals surface area contributed by atoms with E-state index in [-0.39, 0.29) is 11.7 Å². The van der Waals surface area contributed by atoms with Crippen molar-refractivity contribution in [3.8, 4) is 5.75 Å². The number of phenolic OH excluding ortho intramolecular Hbond substituents is 1. The van der Waals surface area contributed by atoms with Gasteiger partial charge in [0.05, 0.1) is 6.54 Å². The summed E-state index contributed by atoms with van der Waals surface area (Å²) in [5.41, 5.74) is 0.552. The molecule has 0 atom stereocenters. The van der Waals surface area contributed by atoms with Gasteiger partial charge in [-0.05, 0) is 12.1 Å². The number of nitrogens with one attached hydrogen (secondary N) is 2. The standard InChI is InChI=1S/C10H11N3O2/c14-8-3-1-2-7(6-8)13-10(15)9-11-4-5-12-9/h1-3,6,14H,4-5H2,(H,11,12)(H,13,15). The Kier molecular flexibility index (Phi) is 2.53. The molecule has 1 amide bonds. The molecule has 0 aromatic heterocycles. The Morgan fingerprint density at radius 3 is 3.07 bits per heavy atom. The number of amides is 1. The number of aromatic hydroxyl groups is 1. The first-order valence-corrected chi connectivity index (χ1v) is 4.64. The van der Waals surface area contributed by atoms with E-state index in [2.05, 4.69) is 15.6 Å². The number of anilines is 1. The van der Waals surface area contributed by atoms with E-state index in [1.165, 1.54) is 6.07 Å². The number of phenols is 1. The Morgan fingerprint density at radius 2 is 2.40 bits per heavy atom. The van der Waals surface area contributed by atoms with E-state index in [9.17, 15) is 9.90 Å². The molecule has 1 aliphatic rings. The fourth-order valence-corrected chi connectivity index (χ4v) is 1.32. The van der Waals surface area contributed by atoms with Gasteiger partial charge in [-0.25, -0.2) is 0 Å². The molecule has 15 heavy (non-hydrogen) atoms. The van der Waals surface area contributed by atoms with Crippen molar-refractivity contribution >= 4 is 17.4 Å². The third-order valence-electron chi connectivity index (χ3n) is 1.99. The zero-order chi connectivity index (χ0) is 10.7. The molecular formula is C10H11N3O2. The van der Waals surface area contributed by atoms with Crippen LogP contribution >= 0.6 is 0 Å². The monoisotopic (exact) mass is 205 g/mol. The van der Waals surface area contributed by atoms with E-state index >= 15 is 0 Å². The summed E-state index contributed by atoms with van der Waals surface area (Å²) < 4.78 is 0. The molecule has 3 N–H and O–H groups in total. The molecule has 0 fully saturated rings. The SMILES string of the molecule is O=C(Nc1cccc(O)c1)C1=NCCN1. The Bertz CT molecular complexity index is 415. The van der Waals surface area contributed by atoms with Crippen molar-refractivity contribution in [2.45, 2.75) is 0 Å². The van der Waals surface area contributed by atoms with Gasteiger partial charge in [0.25, 0.3) is 5.91 Å². The number of carbonyl (C=O) groups excluding carboxylic acids is 1. The van der Waals surface area contributed by atoms with Crippen molar-refractivity contribution in [1.82, 2.24) is 5.32 Å². The zero-order valence-corrected chi connectivity index (χ0v) is 8.03. The molecule has 5 nitrogen and oxygen atoms in total. The number of benzene rings is 1. The molecule has 1 aromatic carbocycles. The average Bonchev–Trinajstić information content (AvgIpc) is 2.70. The van der Waals surface area contributed by atoms with Crippen molar-refractivity contribution < 1.29 is 9.90 Å². The molecule has 0 bridgehead atoms. The van der Waals surface area contributed by atoms with Crippen LogP contribution < -0.4 is 10.6 Å². The van der Waals surface area contributed by atoms with Gasteiger partial charge in [0.1, 0.15) is 5.75 Å². The molecule has 0 unspecified atom stereocenters. The minimum Gasteiger partial charge on any atom is -0.508 e.